The van der Waals surface area contributed by atoms with Crippen molar-refractivity contribution in [3.63, 3.8) is 0 Å². The summed E-state index contributed by atoms with van der Waals surface area (Å²) in [4.78, 5) is 22.2. The molecule has 1 aromatic carbocycles. The number of ether oxygens (including phenoxy) is 1. The molecule has 0 spiro atoms. The summed E-state index contributed by atoms with van der Waals surface area (Å²) in [5, 5.41) is 47.3. The molecular formula is C22H22ClN6O8PS. The largest absolute Gasteiger partial charge is 0.387 e. The van der Waals surface area contributed by atoms with Crippen LogP contribution in [0.2, 0.25) is 5.15 Å². The summed E-state index contributed by atoms with van der Waals surface area (Å²) < 4.78 is 42.2. The maximum Gasteiger partial charge on any atom is 0.340 e. The molecule has 17 heteroatoms. The van der Waals surface area contributed by atoms with E-state index in [1.54, 1.807) is 24.3 Å². The van der Waals surface area contributed by atoms with Crippen molar-refractivity contribution in [2.45, 2.75) is 37.5 Å². The molecule has 39 heavy (non-hydrogen) atoms. The zero-order valence-corrected chi connectivity index (χ0v) is 22.5. The molecule has 1 aliphatic rings. The minimum atomic E-state index is -4.91. The molecular weight excluding hydrogens is 575 g/mol. The topological polar surface area (TPSA) is 232 Å². The first-order chi connectivity index (χ1) is 18.2. The van der Waals surface area contributed by atoms with Gasteiger partial charge in [0.2, 0.25) is 0 Å². The second-order valence-corrected chi connectivity index (χ2v) is 13.5. The fraction of sp³-hybridized carbons (Fsp3) is 0.364. The van der Waals surface area contributed by atoms with Gasteiger partial charge in [0, 0.05) is 6.04 Å². The van der Waals surface area contributed by atoms with E-state index in [9.17, 15) is 28.5 Å². The molecule has 5 N–H and O–H groups in total. The maximum absolute atomic E-state index is 12.2. The van der Waals surface area contributed by atoms with Crippen molar-refractivity contribution in [3.8, 4) is 12.1 Å². The van der Waals surface area contributed by atoms with Crippen LogP contribution in [0.1, 0.15) is 35.9 Å². The number of hydrogen-bond donors (Lipinski definition) is 5. The van der Waals surface area contributed by atoms with Crippen LogP contribution in [-0.2, 0) is 19.1 Å². The highest BCUT2D eigenvalue weighted by Gasteiger charge is 2.47. The van der Waals surface area contributed by atoms with Crippen LogP contribution in [-0.4, -0.2) is 72.7 Å². The monoisotopic (exact) mass is 596 g/mol. The number of hydrogen-bond acceptors (Lipinski definition) is 11. The Bertz CT molecular complexity index is 1650. The minimum absolute atomic E-state index is 0.0125. The molecule has 4 rings (SSSR count). The van der Waals surface area contributed by atoms with Gasteiger partial charge in [-0.2, -0.15) is 15.6 Å². The second kappa shape index (κ2) is 10.8. The highest BCUT2D eigenvalue weighted by Crippen LogP contribution is 2.39. The summed E-state index contributed by atoms with van der Waals surface area (Å²) in [6, 6.07) is 10.4. The molecule has 206 valence electrons. The number of aliphatic hydroxyl groups excluding tert-OH is 2. The van der Waals surface area contributed by atoms with Crippen LogP contribution < -0.4 is 5.32 Å². The van der Waals surface area contributed by atoms with E-state index in [4.69, 9.17) is 31.4 Å². The highest BCUT2D eigenvalue weighted by atomic mass is 35.5. The molecule has 0 radical (unpaired) electrons. The molecule has 0 saturated carbocycles. The standard InChI is InChI=1S/C22H22ClN6O8PS/c1-11(13-4-2-12(6-24)3-5-13)27-17-14(7-25)20(23)28-21-15(17)8-26-29(21)22-19(31)18(30)16(37-22)9-39(35,36)10-38(32,33)34/h2-5,8,11,16,18-19,22,30-31H,9-10H2,1H3,(H,27,28)(H2,32,33,34)/t11-,16-,18-,19-,22-/m1/s1. The van der Waals surface area contributed by atoms with Crippen LogP contribution >= 0.6 is 19.2 Å². The van der Waals surface area contributed by atoms with E-state index >= 15 is 0 Å². The van der Waals surface area contributed by atoms with Crippen molar-refractivity contribution in [1.82, 2.24) is 14.8 Å². The molecule has 3 heterocycles. The molecule has 0 unspecified atom stereocenters. The van der Waals surface area contributed by atoms with Crippen LogP contribution in [0.5, 0.6) is 0 Å². The Morgan fingerprint density at radius 1 is 1.21 bits per heavy atom. The number of benzene rings is 1. The molecule has 1 fully saturated rings. The number of nitrogens with one attached hydrogen (secondary N) is 1. The Morgan fingerprint density at radius 2 is 1.87 bits per heavy atom. The van der Waals surface area contributed by atoms with E-state index in [2.05, 4.69) is 15.4 Å². The van der Waals surface area contributed by atoms with E-state index in [-0.39, 0.29) is 28.1 Å². The van der Waals surface area contributed by atoms with E-state index in [0.29, 0.717) is 10.9 Å². The summed E-state index contributed by atoms with van der Waals surface area (Å²) in [5.74, 6) is -0.965. The van der Waals surface area contributed by atoms with Gasteiger partial charge in [-0.1, -0.05) is 23.7 Å². The van der Waals surface area contributed by atoms with Gasteiger partial charge in [0.1, 0.15) is 29.9 Å². The lowest BCUT2D eigenvalue weighted by molar-refractivity contribution is -0.0364. The van der Waals surface area contributed by atoms with Gasteiger partial charge in [0.15, 0.2) is 32.4 Å². The van der Waals surface area contributed by atoms with E-state index in [0.717, 1.165) is 10.2 Å². The van der Waals surface area contributed by atoms with Gasteiger partial charge in [-0.05, 0) is 24.6 Å². The van der Waals surface area contributed by atoms with Gasteiger partial charge < -0.3 is 30.1 Å². The summed E-state index contributed by atoms with van der Waals surface area (Å²) in [7, 11) is -9.28. The van der Waals surface area contributed by atoms with Crippen molar-refractivity contribution in [3.05, 3.63) is 52.3 Å². The van der Waals surface area contributed by atoms with Gasteiger partial charge in [0.25, 0.3) is 0 Å². The predicted molar refractivity (Wildman–Crippen MR) is 137 cm³/mol. The normalized spacial score (nSPS) is 22.4. The second-order valence-electron chi connectivity index (χ2n) is 8.94. The Balaban J connectivity index is 1.68. The summed E-state index contributed by atoms with van der Waals surface area (Å²) >= 11 is 6.30. The van der Waals surface area contributed by atoms with Gasteiger partial charge in [-0.25, -0.2) is 18.1 Å². The van der Waals surface area contributed by atoms with Gasteiger partial charge in [-0.3, -0.25) is 4.57 Å². The molecule has 3 aromatic rings. The lowest BCUT2D eigenvalue weighted by Gasteiger charge is -2.19. The molecule has 1 saturated heterocycles. The number of nitrogens with zero attached hydrogens (tertiary/aromatic N) is 5. The Kier molecular flexibility index (Phi) is 8.01. The third-order valence-electron chi connectivity index (χ3n) is 6.07. The number of nitriles is 2. The first kappa shape index (κ1) is 28.9. The summed E-state index contributed by atoms with van der Waals surface area (Å²) in [6.45, 7) is 1.82. The average molecular weight is 597 g/mol. The maximum atomic E-state index is 12.2. The molecule has 2 aromatic heterocycles. The zero-order chi connectivity index (χ0) is 28.7. The van der Waals surface area contributed by atoms with Crippen molar-refractivity contribution in [2.24, 2.45) is 0 Å². The van der Waals surface area contributed by atoms with Crippen molar-refractivity contribution in [2.75, 3.05) is 16.6 Å². The SMILES string of the molecule is C[C@@H](Nc1c(C#N)c(Cl)nc2c1cnn2[C@@H]1O[C@H](CS(=O)(=O)CP(=O)(O)O)[C@@H](O)[C@H]1O)c1ccc(C#N)cc1. The highest BCUT2D eigenvalue weighted by molar-refractivity contribution is 7.97. The number of fused-ring (bicyclic) bond motifs is 1. The smallest absolute Gasteiger partial charge is 0.340 e. The lowest BCUT2D eigenvalue weighted by Crippen LogP contribution is -2.36. The Labute approximate surface area is 227 Å². The van der Waals surface area contributed by atoms with Crippen molar-refractivity contribution >= 4 is 45.8 Å². The minimum Gasteiger partial charge on any atom is -0.387 e. The summed E-state index contributed by atoms with van der Waals surface area (Å²) in [5.41, 5.74) is 0.151. The van der Waals surface area contributed by atoms with Gasteiger partial charge >= 0.3 is 7.60 Å². The van der Waals surface area contributed by atoms with E-state index in [1.165, 1.54) is 6.20 Å². The van der Waals surface area contributed by atoms with Gasteiger partial charge in [-0.15, -0.1) is 0 Å². The number of aliphatic hydroxyl groups is 2. The number of rotatable bonds is 8. The van der Waals surface area contributed by atoms with Crippen LogP contribution in [0.3, 0.4) is 0 Å². The number of anilines is 1. The quantitative estimate of drug-likeness (QED) is 0.182. The Hall–Kier alpha value is -3.11. The molecule has 14 nitrogen and oxygen atoms in total. The fourth-order valence-corrected chi connectivity index (χ4v) is 7.71. The first-order valence-corrected chi connectivity index (χ1v) is 15.2. The average Bonchev–Trinajstić information content (AvgIpc) is 3.38. The molecule has 1 aliphatic heterocycles. The number of aromatic nitrogens is 3. The third kappa shape index (κ3) is 6.06. The number of sulfone groups is 1. The first-order valence-electron chi connectivity index (χ1n) is 11.2. The van der Waals surface area contributed by atoms with Crippen LogP contribution in [0.4, 0.5) is 5.69 Å². The lowest BCUT2D eigenvalue weighted by atomic mass is 10.1. The zero-order valence-electron chi connectivity index (χ0n) is 20.1. The van der Waals surface area contributed by atoms with Crippen LogP contribution in [0, 0.1) is 22.7 Å². The molecule has 0 amide bonds. The number of pyridine rings is 1. The van der Waals surface area contributed by atoms with Crippen LogP contribution in [0.15, 0.2) is 30.5 Å². The van der Waals surface area contributed by atoms with Crippen molar-refractivity contribution in [1.29, 1.82) is 10.5 Å². The third-order valence-corrected chi connectivity index (χ3v) is 10.1. The van der Waals surface area contributed by atoms with Crippen LogP contribution in [0.25, 0.3) is 11.0 Å². The van der Waals surface area contributed by atoms with E-state index in [1.807, 2.05) is 19.1 Å². The van der Waals surface area contributed by atoms with Crippen molar-refractivity contribution < 1.29 is 37.7 Å². The van der Waals surface area contributed by atoms with E-state index < -0.39 is 53.2 Å². The fourth-order valence-electron chi connectivity index (χ4n) is 4.24. The molecule has 0 bridgehead atoms. The molecule has 0 aliphatic carbocycles. The van der Waals surface area contributed by atoms with Gasteiger partial charge in [0.05, 0.1) is 34.7 Å². The molecule has 5 atom stereocenters. The predicted octanol–water partition coefficient (Wildman–Crippen LogP) is 1.17. The number of halogens is 1. The Morgan fingerprint density at radius 3 is 2.46 bits per heavy atom. The summed E-state index contributed by atoms with van der Waals surface area (Å²) in [6.07, 6.45) is -5.05.